The minimum atomic E-state index is -0.0589. The van der Waals surface area contributed by atoms with E-state index in [1.807, 2.05) is 0 Å². The molecule has 0 atom stereocenters. The Morgan fingerprint density at radius 3 is 2.64 bits per heavy atom. The molecule has 0 radical (unpaired) electrons. The van der Waals surface area contributed by atoms with Crippen LogP contribution in [0.15, 0.2) is 12.1 Å². The second-order valence-corrected chi connectivity index (χ2v) is 3.63. The molecule has 1 aromatic heterocycles. The molecule has 1 aromatic carbocycles. The summed E-state index contributed by atoms with van der Waals surface area (Å²) in [4.78, 5) is 8.17. The number of benzene rings is 1. The van der Waals surface area contributed by atoms with Gasteiger partial charge in [0.25, 0.3) is 0 Å². The number of aryl methyl sites for hydroxylation is 1. The highest BCUT2D eigenvalue weighted by molar-refractivity contribution is 6.33. The molecule has 0 saturated heterocycles. The van der Waals surface area contributed by atoms with Crippen molar-refractivity contribution >= 4 is 34.2 Å². The average Bonchev–Trinajstić information content (AvgIpc) is 2.15. The van der Waals surface area contributed by atoms with Gasteiger partial charge in [-0.1, -0.05) is 23.2 Å². The Morgan fingerprint density at radius 1 is 1.21 bits per heavy atom. The molecule has 0 amide bonds. The molecule has 1 N–H and O–H groups in total. The number of nitrogens with zero attached hydrogens (tertiary/aromatic N) is 2. The number of hydrogen-bond donors (Lipinski definition) is 1. The van der Waals surface area contributed by atoms with Gasteiger partial charge in [-0.2, -0.15) is 0 Å². The van der Waals surface area contributed by atoms with Gasteiger partial charge in [-0.25, -0.2) is 9.97 Å². The highest BCUT2D eigenvalue weighted by atomic mass is 35.5. The van der Waals surface area contributed by atoms with Gasteiger partial charge in [-0.05, 0) is 19.1 Å². The van der Waals surface area contributed by atoms with Gasteiger partial charge >= 0.3 is 0 Å². The van der Waals surface area contributed by atoms with Crippen molar-refractivity contribution in [2.75, 3.05) is 0 Å². The maximum atomic E-state index is 9.60. The topological polar surface area (TPSA) is 46.0 Å². The van der Waals surface area contributed by atoms with Gasteiger partial charge in [0.2, 0.25) is 0 Å². The molecule has 0 aliphatic rings. The molecule has 0 saturated carbocycles. The summed E-state index contributed by atoms with van der Waals surface area (Å²) in [6, 6.07) is 3.22. The van der Waals surface area contributed by atoms with Crippen molar-refractivity contribution in [3.8, 4) is 5.75 Å². The van der Waals surface area contributed by atoms with Crippen LogP contribution in [0.1, 0.15) is 5.69 Å². The van der Waals surface area contributed by atoms with Crippen molar-refractivity contribution in [2.45, 2.75) is 6.92 Å². The van der Waals surface area contributed by atoms with E-state index in [1.165, 1.54) is 0 Å². The number of aromatic hydroxyl groups is 1. The molecule has 0 aliphatic heterocycles. The number of halogens is 2. The van der Waals surface area contributed by atoms with Crippen LogP contribution in [0.2, 0.25) is 10.2 Å². The first-order valence-electron chi connectivity index (χ1n) is 3.91. The largest absolute Gasteiger partial charge is 0.504 e. The first kappa shape index (κ1) is 9.49. The summed E-state index contributed by atoms with van der Waals surface area (Å²) < 4.78 is 0. The smallest absolute Gasteiger partial charge is 0.162 e. The van der Waals surface area contributed by atoms with E-state index < -0.39 is 0 Å². The zero-order valence-electron chi connectivity index (χ0n) is 7.25. The molecule has 2 rings (SSSR count). The van der Waals surface area contributed by atoms with Crippen molar-refractivity contribution < 1.29 is 5.11 Å². The summed E-state index contributed by atoms with van der Waals surface area (Å²) in [7, 11) is 0. The molecular formula is C9H6Cl2N2O. The fourth-order valence-electron chi connectivity index (χ4n) is 1.15. The number of hydrogen-bond acceptors (Lipinski definition) is 3. The molecular weight excluding hydrogens is 223 g/mol. The standard InChI is InChI=1S/C9H6Cl2N2O/c1-4-9(11)13-6-3-2-5(10)8(14)7(6)12-4/h2-3,14H,1H3. The van der Waals surface area contributed by atoms with Crippen molar-refractivity contribution in [1.29, 1.82) is 0 Å². The predicted octanol–water partition coefficient (Wildman–Crippen LogP) is 2.95. The molecule has 1 heterocycles. The van der Waals surface area contributed by atoms with Crippen LogP contribution >= 0.6 is 23.2 Å². The average molecular weight is 229 g/mol. The predicted molar refractivity (Wildman–Crippen MR) is 56.0 cm³/mol. The third-order valence-corrected chi connectivity index (χ3v) is 2.54. The maximum Gasteiger partial charge on any atom is 0.162 e. The molecule has 0 aliphatic carbocycles. The van der Waals surface area contributed by atoms with Gasteiger partial charge in [0.15, 0.2) is 10.9 Å². The summed E-state index contributed by atoms with van der Waals surface area (Å²) in [6.45, 7) is 1.72. The Kier molecular flexibility index (Phi) is 2.21. The van der Waals surface area contributed by atoms with Crippen LogP contribution < -0.4 is 0 Å². The van der Waals surface area contributed by atoms with E-state index in [0.717, 1.165) is 0 Å². The first-order valence-corrected chi connectivity index (χ1v) is 4.66. The van der Waals surface area contributed by atoms with Crippen LogP contribution in [0.3, 0.4) is 0 Å². The second-order valence-electron chi connectivity index (χ2n) is 2.86. The van der Waals surface area contributed by atoms with Crippen molar-refractivity contribution in [1.82, 2.24) is 9.97 Å². The van der Waals surface area contributed by atoms with Crippen molar-refractivity contribution in [2.24, 2.45) is 0 Å². The fourth-order valence-corrected chi connectivity index (χ4v) is 1.43. The minimum Gasteiger partial charge on any atom is -0.504 e. The maximum absolute atomic E-state index is 9.60. The summed E-state index contributed by atoms with van der Waals surface area (Å²) in [5.41, 5.74) is 1.47. The fraction of sp³-hybridized carbons (Fsp3) is 0.111. The SMILES string of the molecule is Cc1nc2c(O)c(Cl)ccc2nc1Cl. The molecule has 5 heteroatoms. The van der Waals surface area contributed by atoms with Crippen LogP contribution in [-0.4, -0.2) is 15.1 Å². The monoisotopic (exact) mass is 228 g/mol. The Balaban J connectivity index is 2.89. The van der Waals surface area contributed by atoms with Gasteiger partial charge in [-0.15, -0.1) is 0 Å². The molecule has 72 valence electrons. The van der Waals surface area contributed by atoms with Gasteiger partial charge in [-0.3, -0.25) is 0 Å². The number of rotatable bonds is 0. The van der Waals surface area contributed by atoms with Crippen LogP contribution in [-0.2, 0) is 0 Å². The lowest BCUT2D eigenvalue weighted by Gasteiger charge is -2.03. The van der Waals surface area contributed by atoms with Gasteiger partial charge < -0.3 is 5.11 Å². The van der Waals surface area contributed by atoms with Crippen molar-refractivity contribution in [3.05, 3.63) is 28.0 Å². The summed E-state index contributed by atoms with van der Waals surface area (Å²) in [6.07, 6.45) is 0. The molecule has 0 fully saturated rings. The summed E-state index contributed by atoms with van der Waals surface area (Å²) in [5, 5.41) is 10.2. The van der Waals surface area contributed by atoms with E-state index >= 15 is 0 Å². The minimum absolute atomic E-state index is 0.0589. The molecule has 0 unspecified atom stereocenters. The second kappa shape index (κ2) is 3.26. The Labute approximate surface area is 90.3 Å². The van der Waals surface area contributed by atoms with Crippen LogP contribution in [0.25, 0.3) is 11.0 Å². The van der Waals surface area contributed by atoms with Gasteiger partial charge in [0.1, 0.15) is 5.52 Å². The van der Waals surface area contributed by atoms with Crippen molar-refractivity contribution in [3.63, 3.8) is 0 Å². The van der Waals surface area contributed by atoms with Crippen LogP contribution in [0.5, 0.6) is 5.75 Å². The quantitative estimate of drug-likeness (QED) is 0.755. The third-order valence-electron chi connectivity index (χ3n) is 1.88. The number of phenols is 1. The Bertz CT molecular complexity index is 514. The van der Waals surface area contributed by atoms with E-state index in [2.05, 4.69) is 9.97 Å². The van der Waals surface area contributed by atoms with E-state index in [4.69, 9.17) is 23.2 Å². The number of phenolic OH excluding ortho intramolecular Hbond substituents is 1. The zero-order chi connectivity index (χ0) is 10.3. The molecule has 0 bridgehead atoms. The Hall–Kier alpha value is -1.06. The third kappa shape index (κ3) is 1.38. The lowest BCUT2D eigenvalue weighted by atomic mass is 10.2. The van der Waals surface area contributed by atoms with E-state index in [-0.39, 0.29) is 10.8 Å². The molecule has 2 aromatic rings. The van der Waals surface area contributed by atoms with Crippen LogP contribution in [0, 0.1) is 6.92 Å². The normalized spacial score (nSPS) is 10.8. The lowest BCUT2D eigenvalue weighted by molar-refractivity contribution is 0.480. The highest BCUT2D eigenvalue weighted by Crippen LogP contribution is 2.30. The number of fused-ring (bicyclic) bond motifs is 1. The van der Waals surface area contributed by atoms with E-state index in [1.54, 1.807) is 19.1 Å². The van der Waals surface area contributed by atoms with E-state index in [0.29, 0.717) is 21.9 Å². The first-order chi connectivity index (χ1) is 6.59. The molecule has 3 nitrogen and oxygen atoms in total. The highest BCUT2D eigenvalue weighted by Gasteiger charge is 2.09. The van der Waals surface area contributed by atoms with Crippen LogP contribution in [0.4, 0.5) is 0 Å². The Morgan fingerprint density at radius 2 is 1.93 bits per heavy atom. The van der Waals surface area contributed by atoms with Gasteiger partial charge in [0.05, 0.1) is 16.2 Å². The summed E-state index contributed by atoms with van der Waals surface area (Å²) >= 11 is 11.5. The van der Waals surface area contributed by atoms with E-state index in [9.17, 15) is 5.11 Å². The van der Waals surface area contributed by atoms with Gasteiger partial charge in [0, 0.05) is 0 Å². The molecule has 14 heavy (non-hydrogen) atoms. The summed E-state index contributed by atoms with van der Waals surface area (Å²) in [5.74, 6) is -0.0589. The lowest BCUT2D eigenvalue weighted by Crippen LogP contribution is -1.90. The molecule has 0 spiro atoms. The zero-order valence-corrected chi connectivity index (χ0v) is 8.76. The number of aromatic nitrogens is 2.